The van der Waals surface area contributed by atoms with Gasteiger partial charge in [-0.05, 0) is 31.0 Å². The molecule has 0 N–H and O–H groups in total. The van der Waals surface area contributed by atoms with Crippen molar-refractivity contribution >= 4 is 5.97 Å². The Morgan fingerprint density at radius 2 is 2.31 bits per heavy atom. The van der Waals surface area contributed by atoms with Gasteiger partial charge in [0.2, 0.25) is 0 Å². The van der Waals surface area contributed by atoms with Gasteiger partial charge in [-0.1, -0.05) is 19.1 Å². The van der Waals surface area contributed by atoms with Crippen LogP contribution in [0.4, 0.5) is 0 Å². The maximum Gasteiger partial charge on any atom is 0.338 e. The second-order valence-electron chi connectivity index (χ2n) is 2.84. The summed E-state index contributed by atoms with van der Waals surface area (Å²) in [6.07, 6.45) is 0.843. The van der Waals surface area contributed by atoms with Gasteiger partial charge in [0.25, 0.3) is 0 Å². The van der Waals surface area contributed by atoms with E-state index < -0.39 is 0 Å². The van der Waals surface area contributed by atoms with Crippen molar-refractivity contribution in [2.24, 2.45) is 0 Å². The summed E-state index contributed by atoms with van der Waals surface area (Å²) in [4.78, 5) is 11.3. The van der Waals surface area contributed by atoms with Gasteiger partial charge in [0.1, 0.15) is 0 Å². The van der Waals surface area contributed by atoms with Gasteiger partial charge in [-0.15, -0.1) is 0 Å². The van der Waals surface area contributed by atoms with E-state index >= 15 is 0 Å². The molecule has 0 aliphatic carbocycles. The lowest BCUT2D eigenvalue weighted by atomic mass is 10.1. The number of hydrogen-bond acceptors (Lipinski definition) is 2. The van der Waals surface area contributed by atoms with Crippen molar-refractivity contribution in [3.05, 3.63) is 42.3 Å². The van der Waals surface area contributed by atoms with Crippen molar-refractivity contribution in [2.75, 3.05) is 6.61 Å². The molecule has 2 heteroatoms. The summed E-state index contributed by atoms with van der Waals surface area (Å²) in [7, 11) is 0. The molecule has 1 aromatic carbocycles. The van der Waals surface area contributed by atoms with Gasteiger partial charge in [0.05, 0.1) is 12.2 Å². The molecule has 1 aromatic rings. The molecule has 0 atom stereocenters. The number of esters is 1. The van der Waals surface area contributed by atoms with Gasteiger partial charge < -0.3 is 4.74 Å². The summed E-state index contributed by atoms with van der Waals surface area (Å²) in [5.74, 6) is -0.271. The minimum absolute atomic E-state index is 0.271. The van der Waals surface area contributed by atoms with Gasteiger partial charge >= 0.3 is 5.97 Å². The van der Waals surface area contributed by atoms with Crippen LogP contribution in [-0.4, -0.2) is 12.6 Å². The van der Waals surface area contributed by atoms with Crippen LogP contribution in [0.25, 0.3) is 0 Å². The van der Waals surface area contributed by atoms with E-state index in [1.54, 1.807) is 18.2 Å². The number of rotatable bonds is 3. The van der Waals surface area contributed by atoms with Gasteiger partial charge in [0, 0.05) is 0 Å². The van der Waals surface area contributed by atoms with E-state index in [1.165, 1.54) is 0 Å². The minimum Gasteiger partial charge on any atom is -0.462 e. The molecule has 0 bridgehead atoms. The monoisotopic (exact) mass is 177 g/mol. The molecule has 2 nitrogen and oxygen atoms in total. The zero-order valence-corrected chi connectivity index (χ0v) is 7.75. The molecule has 13 heavy (non-hydrogen) atoms. The molecule has 0 aliphatic rings. The van der Waals surface area contributed by atoms with Crippen molar-refractivity contribution in [1.82, 2.24) is 0 Å². The molecule has 1 rings (SSSR count). The van der Waals surface area contributed by atoms with Gasteiger partial charge in [-0.3, -0.25) is 0 Å². The predicted octanol–water partition coefficient (Wildman–Crippen LogP) is 2.44. The molecule has 1 radical (unpaired) electrons. The van der Waals surface area contributed by atoms with Crippen molar-refractivity contribution in [2.45, 2.75) is 13.3 Å². The maximum absolute atomic E-state index is 11.3. The van der Waals surface area contributed by atoms with Crippen LogP contribution < -0.4 is 0 Å². The molecule has 0 aliphatic heterocycles. The second kappa shape index (κ2) is 4.65. The summed E-state index contributed by atoms with van der Waals surface area (Å²) in [5.41, 5.74) is 1.40. The van der Waals surface area contributed by atoms with Gasteiger partial charge in [0.15, 0.2) is 0 Å². The highest BCUT2D eigenvalue weighted by molar-refractivity contribution is 5.89. The Morgan fingerprint density at radius 3 is 2.92 bits per heavy atom. The first-order valence-corrected chi connectivity index (χ1v) is 4.33. The Labute approximate surface area is 78.5 Å². The van der Waals surface area contributed by atoms with Crippen LogP contribution in [0, 0.1) is 6.92 Å². The van der Waals surface area contributed by atoms with Crippen LogP contribution >= 0.6 is 0 Å². The molecule has 0 heterocycles. The first kappa shape index (κ1) is 9.78. The Kier molecular flexibility index (Phi) is 3.50. The highest BCUT2D eigenvalue weighted by atomic mass is 16.5. The van der Waals surface area contributed by atoms with Crippen molar-refractivity contribution in [3.8, 4) is 0 Å². The fourth-order valence-corrected chi connectivity index (χ4v) is 0.976. The fraction of sp³-hybridized carbons (Fsp3) is 0.273. The largest absolute Gasteiger partial charge is 0.462 e. The van der Waals surface area contributed by atoms with Crippen LogP contribution in [0.1, 0.15) is 29.3 Å². The number of carbonyl (C=O) groups is 1. The van der Waals surface area contributed by atoms with Crippen LogP contribution in [0.2, 0.25) is 0 Å². The molecule has 0 saturated carbocycles. The molecule has 0 saturated heterocycles. The van der Waals surface area contributed by atoms with Crippen molar-refractivity contribution < 1.29 is 9.53 Å². The Morgan fingerprint density at radius 1 is 1.54 bits per heavy atom. The first-order valence-electron chi connectivity index (χ1n) is 4.33. The third-order valence-corrected chi connectivity index (χ3v) is 1.60. The molecular formula is C11H13O2. The Balaban J connectivity index is 2.66. The topological polar surface area (TPSA) is 26.3 Å². The second-order valence-corrected chi connectivity index (χ2v) is 2.84. The maximum atomic E-state index is 11.3. The first-order chi connectivity index (χ1) is 6.24. The van der Waals surface area contributed by atoms with Crippen molar-refractivity contribution in [1.29, 1.82) is 0 Å². The molecular weight excluding hydrogens is 164 g/mol. The standard InChI is InChI=1S/C11H13O2/c1-3-7-13-11(12)10-6-4-5-9(2)8-10/h4-6,8H,2-3,7H2,1H3. The zero-order valence-electron chi connectivity index (χ0n) is 7.75. The molecule has 0 spiro atoms. The van der Waals surface area contributed by atoms with E-state index in [0.29, 0.717) is 12.2 Å². The van der Waals surface area contributed by atoms with Crippen LogP contribution in [0.3, 0.4) is 0 Å². The van der Waals surface area contributed by atoms with E-state index in [2.05, 4.69) is 6.92 Å². The van der Waals surface area contributed by atoms with Crippen LogP contribution in [0.15, 0.2) is 24.3 Å². The van der Waals surface area contributed by atoms with Gasteiger partial charge in [-0.2, -0.15) is 0 Å². The fourth-order valence-electron chi connectivity index (χ4n) is 0.976. The summed E-state index contributed by atoms with van der Waals surface area (Å²) < 4.78 is 4.97. The molecule has 0 unspecified atom stereocenters. The Hall–Kier alpha value is -1.31. The van der Waals surface area contributed by atoms with E-state index in [-0.39, 0.29) is 5.97 Å². The lowest BCUT2D eigenvalue weighted by Crippen LogP contribution is -2.05. The van der Waals surface area contributed by atoms with E-state index in [4.69, 9.17) is 4.74 Å². The quantitative estimate of drug-likeness (QED) is 0.663. The third kappa shape index (κ3) is 2.90. The number of hydrogen-bond donors (Lipinski definition) is 0. The zero-order chi connectivity index (χ0) is 9.68. The third-order valence-electron chi connectivity index (χ3n) is 1.60. The number of carbonyl (C=O) groups excluding carboxylic acids is 1. The Bertz CT molecular complexity index is 292. The van der Waals surface area contributed by atoms with E-state index in [1.807, 2.05) is 13.0 Å². The lowest BCUT2D eigenvalue weighted by Gasteiger charge is -2.02. The van der Waals surface area contributed by atoms with Crippen LogP contribution in [-0.2, 0) is 4.74 Å². The average Bonchev–Trinajstić information content (AvgIpc) is 2.14. The smallest absolute Gasteiger partial charge is 0.338 e. The lowest BCUT2D eigenvalue weighted by molar-refractivity contribution is 0.0505. The summed E-state index contributed by atoms with van der Waals surface area (Å²) in [6, 6.07) is 7.09. The number of benzene rings is 1. The molecule has 69 valence electrons. The normalized spacial score (nSPS) is 9.69. The van der Waals surface area contributed by atoms with Gasteiger partial charge in [-0.25, -0.2) is 4.79 Å². The average molecular weight is 177 g/mol. The van der Waals surface area contributed by atoms with Crippen LogP contribution in [0.5, 0.6) is 0 Å². The molecule has 0 amide bonds. The highest BCUT2D eigenvalue weighted by Gasteiger charge is 2.05. The molecule has 0 aromatic heterocycles. The summed E-state index contributed by atoms with van der Waals surface area (Å²) in [5, 5.41) is 0. The molecule has 0 fully saturated rings. The summed E-state index contributed by atoms with van der Waals surface area (Å²) >= 11 is 0. The van der Waals surface area contributed by atoms with E-state index in [0.717, 1.165) is 12.0 Å². The van der Waals surface area contributed by atoms with Crippen molar-refractivity contribution in [3.63, 3.8) is 0 Å². The predicted molar refractivity (Wildman–Crippen MR) is 51.5 cm³/mol. The number of ether oxygens (including phenoxy) is 1. The highest BCUT2D eigenvalue weighted by Crippen LogP contribution is 2.05. The summed E-state index contributed by atoms with van der Waals surface area (Å²) in [6.45, 7) is 6.17. The minimum atomic E-state index is -0.271. The SMILES string of the molecule is [CH2]c1cccc(C(=O)OCCC)c1. The van der Waals surface area contributed by atoms with E-state index in [9.17, 15) is 4.79 Å².